The predicted octanol–water partition coefficient (Wildman–Crippen LogP) is 2.34. The maximum Gasteiger partial charge on any atom is 0.255 e. The first-order valence-electron chi connectivity index (χ1n) is 7.69. The van der Waals surface area contributed by atoms with Crippen LogP contribution in [0.25, 0.3) is 0 Å². The van der Waals surface area contributed by atoms with Crippen molar-refractivity contribution in [2.45, 2.75) is 33.4 Å². The van der Waals surface area contributed by atoms with E-state index in [2.05, 4.69) is 15.5 Å². The molecule has 0 aliphatic carbocycles. The van der Waals surface area contributed by atoms with E-state index in [1.54, 1.807) is 11.0 Å². The standard InChI is InChI=1S/C17H20N4O2/c1-10(2)15(16(22)18-14-8-11(3)19-20-14)21-9-12-6-4-5-7-13(12)17(21)23/h4-8,10,15H,9H2,1-3H3,(H2,18,19,20,22)/t15-/m1/s1. The summed E-state index contributed by atoms with van der Waals surface area (Å²) in [4.78, 5) is 27.0. The van der Waals surface area contributed by atoms with E-state index in [-0.39, 0.29) is 17.7 Å². The highest BCUT2D eigenvalue weighted by Crippen LogP contribution is 2.27. The van der Waals surface area contributed by atoms with Crippen molar-refractivity contribution in [1.29, 1.82) is 0 Å². The van der Waals surface area contributed by atoms with E-state index in [0.29, 0.717) is 17.9 Å². The zero-order chi connectivity index (χ0) is 16.6. The second-order valence-corrected chi connectivity index (χ2v) is 6.20. The number of nitrogens with one attached hydrogen (secondary N) is 2. The predicted molar refractivity (Wildman–Crippen MR) is 86.9 cm³/mol. The molecule has 0 saturated heterocycles. The largest absolute Gasteiger partial charge is 0.322 e. The van der Waals surface area contributed by atoms with Crippen LogP contribution in [-0.2, 0) is 11.3 Å². The number of carbonyl (C=O) groups excluding carboxylic acids is 2. The highest BCUT2D eigenvalue weighted by Gasteiger charge is 2.38. The minimum Gasteiger partial charge on any atom is -0.322 e. The van der Waals surface area contributed by atoms with Crippen molar-refractivity contribution in [2.24, 2.45) is 5.92 Å². The molecule has 0 bridgehead atoms. The topological polar surface area (TPSA) is 78.1 Å². The Hall–Kier alpha value is -2.63. The average Bonchev–Trinajstić information content (AvgIpc) is 3.04. The molecule has 2 amide bonds. The third-order valence-electron chi connectivity index (χ3n) is 4.04. The number of aromatic nitrogens is 2. The lowest BCUT2D eigenvalue weighted by Crippen LogP contribution is -2.47. The molecule has 0 radical (unpaired) electrons. The Bertz CT molecular complexity index is 751. The second kappa shape index (κ2) is 5.87. The van der Waals surface area contributed by atoms with E-state index in [1.807, 2.05) is 45.0 Å². The first-order valence-corrected chi connectivity index (χ1v) is 7.69. The van der Waals surface area contributed by atoms with Gasteiger partial charge in [-0.1, -0.05) is 32.0 Å². The first kappa shape index (κ1) is 15.3. The molecule has 0 saturated carbocycles. The van der Waals surface area contributed by atoms with Crippen molar-refractivity contribution in [3.05, 3.63) is 47.2 Å². The molecule has 0 spiro atoms. The van der Waals surface area contributed by atoms with Crippen molar-refractivity contribution in [1.82, 2.24) is 15.1 Å². The van der Waals surface area contributed by atoms with Gasteiger partial charge in [-0.25, -0.2) is 0 Å². The third kappa shape index (κ3) is 2.84. The highest BCUT2D eigenvalue weighted by molar-refractivity contribution is 6.03. The number of carbonyl (C=O) groups is 2. The zero-order valence-corrected chi connectivity index (χ0v) is 13.5. The minimum atomic E-state index is -0.535. The van der Waals surface area contributed by atoms with Gasteiger partial charge in [-0.3, -0.25) is 14.7 Å². The zero-order valence-electron chi connectivity index (χ0n) is 13.5. The number of benzene rings is 1. The lowest BCUT2D eigenvalue weighted by Gasteiger charge is -2.29. The Morgan fingerprint density at radius 2 is 2.09 bits per heavy atom. The molecule has 120 valence electrons. The molecule has 1 aliphatic heterocycles. The molecule has 23 heavy (non-hydrogen) atoms. The fraction of sp³-hybridized carbons (Fsp3) is 0.353. The first-order chi connectivity index (χ1) is 11.0. The summed E-state index contributed by atoms with van der Waals surface area (Å²) in [5.41, 5.74) is 2.51. The Morgan fingerprint density at radius 3 is 2.70 bits per heavy atom. The van der Waals surface area contributed by atoms with Crippen LogP contribution in [0, 0.1) is 12.8 Å². The summed E-state index contributed by atoms with van der Waals surface area (Å²) in [6.45, 7) is 6.21. The SMILES string of the molecule is Cc1cc(NC(=O)[C@@H](C(C)C)N2Cc3ccccc3C2=O)n[nH]1. The number of rotatable bonds is 4. The van der Waals surface area contributed by atoms with Gasteiger partial charge < -0.3 is 10.2 Å². The molecule has 1 aliphatic rings. The van der Waals surface area contributed by atoms with Gasteiger partial charge in [0.05, 0.1) is 0 Å². The molecule has 2 heterocycles. The molecule has 0 fully saturated rings. The van der Waals surface area contributed by atoms with Crippen LogP contribution in [0.3, 0.4) is 0 Å². The molecule has 1 atom stereocenters. The summed E-state index contributed by atoms with van der Waals surface area (Å²) < 4.78 is 0. The molecule has 1 aromatic heterocycles. The number of amides is 2. The number of hydrogen-bond acceptors (Lipinski definition) is 3. The van der Waals surface area contributed by atoms with Gasteiger partial charge in [-0.2, -0.15) is 5.10 Å². The van der Waals surface area contributed by atoms with E-state index >= 15 is 0 Å². The molecule has 6 nitrogen and oxygen atoms in total. The second-order valence-electron chi connectivity index (χ2n) is 6.20. The summed E-state index contributed by atoms with van der Waals surface area (Å²) >= 11 is 0. The molecule has 2 aromatic rings. The van der Waals surface area contributed by atoms with E-state index in [4.69, 9.17) is 0 Å². The van der Waals surface area contributed by atoms with Crippen LogP contribution in [0.15, 0.2) is 30.3 Å². The van der Waals surface area contributed by atoms with E-state index in [9.17, 15) is 9.59 Å². The third-order valence-corrected chi connectivity index (χ3v) is 4.04. The fourth-order valence-corrected chi connectivity index (χ4v) is 2.99. The molecule has 1 aromatic carbocycles. The molecule has 3 rings (SSSR count). The monoisotopic (exact) mass is 312 g/mol. The lowest BCUT2D eigenvalue weighted by molar-refractivity contribution is -0.122. The Kier molecular flexibility index (Phi) is 3.90. The summed E-state index contributed by atoms with van der Waals surface area (Å²) in [7, 11) is 0. The van der Waals surface area contributed by atoms with Crippen LogP contribution in [0.2, 0.25) is 0 Å². The molecule has 0 unspecified atom stereocenters. The average molecular weight is 312 g/mol. The summed E-state index contributed by atoms with van der Waals surface area (Å²) in [5, 5.41) is 9.60. The summed E-state index contributed by atoms with van der Waals surface area (Å²) in [5.74, 6) is 0.163. The maximum atomic E-state index is 12.7. The van der Waals surface area contributed by atoms with Gasteiger partial charge in [0.1, 0.15) is 6.04 Å². The van der Waals surface area contributed by atoms with Gasteiger partial charge in [0, 0.05) is 23.9 Å². The number of H-pyrrole nitrogens is 1. The van der Waals surface area contributed by atoms with Crippen molar-refractivity contribution in [3.8, 4) is 0 Å². The van der Waals surface area contributed by atoms with Gasteiger partial charge in [-0.15, -0.1) is 0 Å². The smallest absolute Gasteiger partial charge is 0.255 e. The number of hydrogen-bond donors (Lipinski definition) is 2. The van der Waals surface area contributed by atoms with Crippen molar-refractivity contribution < 1.29 is 9.59 Å². The van der Waals surface area contributed by atoms with E-state index in [0.717, 1.165) is 11.3 Å². The van der Waals surface area contributed by atoms with Crippen LogP contribution >= 0.6 is 0 Å². The van der Waals surface area contributed by atoms with Gasteiger partial charge in [-0.05, 0) is 24.5 Å². The number of aryl methyl sites for hydroxylation is 1. The summed E-state index contributed by atoms with van der Waals surface area (Å²) in [6.07, 6.45) is 0. The molecule has 6 heteroatoms. The van der Waals surface area contributed by atoms with Gasteiger partial charge in [0.15, 0.2) is 5.82 Å². The lowest BCUT2D eigenvalue weighted by atomic mass is 10.0. The van der Waals surface area contributed by atoms with Crippen LogP contribution in [0.1, 0.15) is 35.5 Å². The van der Waals surface area contributed by atoms with Crippen LogP contribution in [0.4, 0.5) is 5.82 Å². The highest BCUT2D eigenvalue weighted by atomic mass is 16.2. The van der Waals surface area contributed by atoms with E-state index in [1.165, 1.54) is 0 Å². The van der Waals surface area contributed by atoms with E-state index < -0.39 is 6.04 Å². The quantitative estimate of drug-likeness (QED) is 0.909. The number of aromatic amines is 1. The van der Waals surface area contributed by atoms with Gasteiger partial charge >= 0.3 is 0 Å². The Balaban J connectivity index is 1.83. The maximum absolute atomic E-state index is 12.7. The fourth-order valence-electron chi connectivity index (χ4n) is 2.99. The Labute approximate surface area is 134 Å². The van der Waals surface area contributed by atoms with Gasteiger partial charge in [0.2, 0.25) is 5.91 Å². The van der Waals surface area contributed by atoms with Crippen LogP contribution in [-0.4, -0.2) is 33.0 Å². The van der Waals surface area contributed by atoms with Crippen molar-refractivity contribution in [2.75, 3.05) is 5.32 Å². The van der Waals surface area contributed by atoms with Crippen LogP contribution in [0.5, 0.6) is 0 Å². The molecular weight excluding hydrogens is 292 g/mol. The normalized spacial score (nSPS) is 15.0. The minimum absolute atomic E-state index is 0.00620. The number of anilines is 1. The Morgan fingerprint density at radius 1 is 1.35 bits per heavy atom. The van der Waals surface area contributed by atoms with Gasteiger partial charge in [0.25, 0.3) is 5.91 Å². The number of nitrogens with zero attached hydrogens (tertiary/aromatic N) is 2. The summed E-state index contributed by atoms with van der Waals surface area (Å²) in [6, 6.07) is 8.72. The molecular formula is C17H20N4O2. The molecule has 2 N–H and O–H groups in total. The van der Waals surface area contributed by atoms with Crippen LogP contribution < -0.4 is 5.32 Å². The van der Waals surface area contributed by atoms with Crippen molar-refractivity contribution >= 4 is 17.6 Å². The number of fused-ring (bicyclic) bond motifs is 1. The van der Waals surface area contributed by atoms with Crippen molar-refractivity contribution in [3.63, 3.8) is 0 Å².